The highest BCUT2D eigenvalue weighted by Gasteiger charge is 2.23. The molecule has 1 unspecified atom stereocenters. The van der Waals surface area contributed by atoms with Gasteiger partial charge in [-0.15, -0.1) is 0 Å². The fourth-order valence-corrected chi connectivity index (χ4v) is 3.09. The minimum Gasteiger partial charge on any atom is -0.301 e. The van der Waals surface area contributed by atoms with Crippen LogP contribution in [0.4, 0.5) is 0 Å². The number of pyridine rings is 1. The second-order valence-corrected chi connectivity index (χ2v) is 6.21. The number of fused-ring (bicyclic) bond motifs is 1. The Morgan fingerprint density at radius 1 is 1.43 bits per heavy atom. The average Bonchev–Trinajstić information content (AvgIpc) is 2.88. The molecule has 1 saturated heterocycles. The van der Waals surface area contributed by atoms with E-state index in [1.807, 2.05) is 6.07 Å². The third-order valence-corrected chi connectivity index (χ3v) is 4.29. The Hall–Kier alpha value is -1.75. The molecule has 5 heteroatoms. The Balaban J connectivity index is 1.73. The highest BCUT2D eigenvalue weighted by molar-refractivity contribution is 5.74. The number of likely N-dealkylation sites (tertiary alicyclic amines) is 1. The van der Waals surface area contributed by atoms with Gasteiger partial charge in [0.1, 0.15) is 0 Å². The number of rotatable bonds is 4. The minimum absolute atomic E-state index is 0.608. The Kier molecular flexibility index (Phi) is 4.01. The average molecular weight is 286 g/mol. The number of hydrogen-bond donors (Lipinski definition) is 0. The van der Waals surface area contributed by atoms with E-state index in [0.29, 0.717) is 17.5 Å². The van der Waals surface area contributed by atoms with Crippen LogP contribution in [-0.4, -0.2) is 44.9 Å². The summed E-state index contributed by atoms with van der Waals surface area (Å²) in [7, 11) is 0. The molecule has 0 saturated carbocycles. The van der Waals surface area contributed by atoms with Gasteiger partial charge in [0.15, 0.2) is 17.8 Å². The first-order chi connectivity index (χ1) is 10.2. The molecular weight excluding hydrogens is 264 g/mol. The van der Waals surface area contributed by atoms with E-state index in [1.165, 1.54) is 19.4 Å². The summed E-state index contributed by atoms with van der Waals surface area (Å²) < 4.78 is 1.71. The van der Waals surface area contributed by atoms with Crippen molar-refractivity contribution in [1.82, 2.24) is 19.5 Å². The summed E-state index contributed by atoms with van der Waals surface area (Å²) in [5.74, 6) is 1.51. The number of nitrogens with zero attached hydrogens (tertiary/aromatic N) is 4. The molecule has 3 rings (SSSR count). The molecule has 2 aromatic rings. The zero-order valence-electron chi connectivity index (χ0n) is 12.7. The zero-order chi connectivity index (χ0) is 14.8. The molecule has 0 amide bonds. The van der Waals surface area contributed by atoms with Gasteiger partial charge in [-0.3, -0.25) is 4.79 Å². The number of piperidine rings is 1. The number of aromatic nitrogens is 3. The molecular formula is C16H22N4O. The molecule has 3 heterocycles. The molecule has 21 heavy (non-hydrogen) atoms. The Morgan fingerprint density at radius 2 is 2.29 bits per heavy atom. The van der Waals surface area contributed by atoms with E-state index in [4.69, 9.17) is 0 Å². The lowest BCUT2D eigenvalue weighted by Gasteiger charge is -2.35. The first-order valence-corrected chi connectivity index (χ1v) is 7.70. The van der Waals surface area contributed by atoms with Crippen LogP contribution in [0.5, 0.6) is 0 Å². The molecule has 1 fully saturated rings. The third kappa shape index (κ3) is 3.13. The zero-order valence-corrected chi connectivity index (χ0v) is 12.7. The summed E-state index contributed by atoms with van der Waals surface area (Å²) >= 11 is 0. The molecule has 0 radical (unpaired) electrons. The van der Waals surface area contributed by atoms with Crippen LogP contribution >= 0.6 is 0 Å². The molecule has 5 nitrogen and oxygen atoms in total. The Morgan fingerprint density at radius 3 is 3.05 bits per heavy atom. The van der Waals surface area contributed by atoms with Crippen molar-refractivity contribution in [3.8, 4) is 0 Å². The van der Waals surface area contributed by atoms with E-state index in [-0.39, 0.29) is 0 Å². The van der Waals surface area contributed by atoms with Crippen LogP contribution in [-0.2, 0) is 6.42 Å². The number of carbonyl (C=O) groups excluding carboxylic acids is 1. The molecule has 1 atom stereocenters. The van der Waals surface area contributed by atoms with Crippen molar-refractivity contribution in [1.29, 1.82) is 0 Å². The highest BCUT2D eigenvalue weighted by Crippen LogP contribution is 2.21. The van der Waals surface area contributed by atoms with Crippen LogP contribution in [0.2, 0.25) is 0 Å². The van der Waals surface area contributed by atoms with Crippen LogP contribution in [0.3, 0.4) is 0 Å². The summed E-state index contributed by atoms with van der Waals surface area (Å²) in [6.07, 6.45) is 5.99. The number of hydrogen-bond acceptors (Lipinski definition) is 4. The van der Waals surface area contributed by atoms with E-state index >= 15 is 0 Å². The van der Waals surface area contributed by atoms with E-state index in [1.54, 1.807) is 16.8 Å². The summed E-state index contributed by atoms with van der Waals surface area (Å²) in [5.41, 5.74) is 1.44. The lowest BCUT2D eigenvalue weighted by Crippen LogP contribution is -2.40. The molecule has 2 aromatic heterocycles. The lowest BCUT2D eigenvalue weighted by atomic mass is 9.94. The normalized spacial score (nSPS) is 20.2. The summed E-state index contributed by atoms with van der Waals surface area (Å²) in [6, 6.07) is 4.24. The van der Waals surface area contributed by atoms with Gasteiger partial charge in [-0.25, -0.2) is 9.50 Å². The molecule has 112 valence electrons. The molecule has 0 aromatic carbocycles. The molecule has 1 aliphatic rings. The van der Waals surface area contributed by atoms with Gasteiger partial charge in [0.2, 0.25) is 0 Å². The van der Waals surface area contributed by atoms with E-state index in [9.17, 15) is 4.79 Å². The second-order valence-electron chi connectivity index (χ2n) is 6.21. The Bertz CT molecular complexity index is 634. The summed E-state index contributed by atoms with van der Waals surface area (Å²) in [6.45, 7) is 6.85. The van der Waals surface area contributed by atoms with Gasteiger partial charge in [0, 0.05) is 30.8 Å². The van der Waals surface area contributed by atoms with Crippen LogP contribution in [0, 0.1) is 5.92 Å². The van der Waals surface area contributed by atoms with Crippen LogP contribution in [0.25, 0.3) is 5.65 Å². The third-order valence-electron chi connectivity index (χ3n) is 4.29. The van der Waals surface area contributed by atoms with Crippen molar-refractivity contribution in [3.05, 3.63) is 29.7 Å². The Labute approximate surface area is 125 Å². The van der Waals surface area contributed by atoms with Crippen molar-refractivity contribution in [2.45, 2.75) is 39.2 Å². The first-order valence-electron chi connectivity index (χ1n) is 7.70. The van der Waals surface area contributed by atoms with Crippen LogP contribution in [0.15, 0.2) is 18.3 Å². The SMILES string of the molecule is CC(C)N1CCCC(Cc2nc3ccc(C=O)cn3n2)C1. The largest absolute Gasteiger partial charge is 0.301 e. The maximum atomic E-state index is 10.8. The summed E-state index contributed by atoms with van der Waals surface area (Å²) in [5, 5.41) is 4.51. The van der Waals surface area contributed by atoms with Gasteiger partial charge in [-0.2, -0.15) is 5.10 Å². The quantitative estimate of drug-likeness (QED) is 0.809. The van der Waals surface area contributed by atoms with Gasteiger partial charge >= 0.3 is 0 Å². The maximum Gasteiger partial charge on any atom is 0.155 e. The fourth-order valence-electron chi connectivity index (χ4n) is 3.09. The van der Waals surface area contributed by atoms with Crippen molar-refractivity contribution in [2.24, 2.45) is 5.92 Å². The van der Waals surface area contributed by atoms with Crippen molar-refractivity contribution in [2.75, 3.05) is 13.1 Å². The lowest BCUT2D eigenvalue weighted by molar-refractivity contribution is 0.112. The van der Waals surface area contributed by atoms with Crippen LogP contribution in [0.1, 0.15) is 42.9 Å². The molecule has 0 aliphatic carbocycles. The van der Waals surface area contributed by atoms with Crippen molar-refractivity contribution < 1.29 is 4.79 Å². The predicted molar refractivity (Wildman–Crippen MR) is 81.5 cm³/mol. The van der Waals surface area contributed by atoms with E-state index in [2.05, 4.69) is 28.8 Å². The standard InChI is InChI=1S/C16H22N4O/c1-12(2)19-7-3-4-13(9-19)8-15-17-16-6-5-14(11-21)10-20(16)18-15/h5-6,10-13H,3-4,7-9H2,1-2H3. The number of carbonyl (C=O) groups is 1. The number of aldehydes is 1. The maximum absolute atomic E-state index is 10.8. The van der Waals surface area contributed by atoms with E-state index < -0.39 is 0 Å². The molecule has 0 spiro atoms. The monoisotopic (exact) mass is 286 g/mol. The van der Waals surface area contributed by atoms with Gasteiger partial charge in [-0.05, 0) is 51.3 Å². The molecule has 1 aliphatic heterocycles. The molecule has 0 N–H and O–H groups in total. The molecule has 0 bridgehead atoms. The first kappa shape index (κ1) is 14.2. The predicted octanol–water partition coefficient (Wildman–Crippen LogP) is 2.20. The van der Waals surface area contributed by atoms with Gasteiger partial charge in [-0.1, -0.05) is 0 Å². The van der Waals surface area contributed by atoms with Gasteiger partial charge in [0.25, 0.3) is 0 Å². The highest BCUT2D eigenvalue weighted by atomic mass is 16.1. The summed E-state index contributed by atoms with van der Waals surface area (Å²) in [4.78, 5) is 17.9. The van der Waals surface area contributed by atoms with Crippen molar-refractivity contribution >= 4 is 11.9 Å². The van der Waals surface area contributed by atoms with Crippen LogP contribution < -0.4 is 0 Å². The van der Waals surface area contributed by atoms with Gasteiger partial charge in [0.05, 0.1) is 0 Å². The second kappa shape index (κ2) is 5.93. The fraction of sp³-hybridized carbons (Fsp3) is 0.562. The van der Waals surface area contributed by atoms with Gasteiger partial charge < -0.3 is 4.90 Å². The van der Waals surface area contributed by atoms with E-state index in [0.717, 1.165) is 30.7 Å². The smallest absolute Gasteiger partial charge is 0.155 e. The topological polar surface area (TPSA) is 50.5 Å². The minimum atomic E-state index is 0.608. The van der Waals surface area contributed by atoms with Crippen molar-refractivity contribution in [3.63, 3.8) is 0 Å².